The molecule has 158 valence electrons. The van der Waals surface area contributed by atoms with Gasteiger partial charge in [0.05, 0.1) is 22.5 Å². The third-order valence-electron chi connectivity index (χ3n) is 5.09. The number of methoxy groups -OCH3 is 1. The Bertz CT molecular complexity index is 937. The van der Waals surface area contributed by atoms with Crippen LogP contribution in [0.25, 0.3) is 0 Å². The second kappa shape index (κ2) is 8.47. The third kappa shape index (κ3) is 4.57. The molecular weight excluding hydrogens is 402 g/mol. The maximum Gasteiger partial charge on any atom is 0.337 e. The van der Waals surface area contributed by atoms with Gasteiger partial charge in [0.2, 0.25) is 10.0 Å². The van der Waals surface area contributed by atoms with Gasteiger partial charge in [0.1, 0.15) is 11.9 Å². The summed E-state index contributed by atoms with van der Waals surface area (Å²) in [6.07, 6.45) is 0.286. The van der Waals surface area contributed by atoms with E-state index < -0.39 is 20.9 Å². The minimum Gasteiger partial charge on any atom is -0.493 e. The van der Waals surface area contributed by atoms with Crippen molar-refractivity contribution in [2.75, 3.05) is 39.8 Å². The highest BCUT2D eigenvalue weighted by Crippen LogP contribution is 2.27. The fraction of sp³-hybridized carbons (Fsp3) is 0.500. The highest BCUT2D eigenvalue weighted by atomic mass is 32.2. The van der Waals surface area contributed by atoms with Crippen LogP contribution in [0.4, 0.5) is 5.69 Å². The summed E-state index contributed by atoms with van der Waals surface area (Å²) >= 11 is 0. The number of nitro benzene ring substituents is 1. The molecule has 0 aliphatic carbocycles. The number of sulfonamides is 1. The second-order valence-electron chi connectivity index (χ2n) is 6.93. The van der Waals surface area contributed by atoms with E-state index in [1.165, 1.54) is 29.6 Å². The smallest absolute Gasteiger partial charge is 0.337 e. The largest absolute Gasteiger partial charge is 0.493 e. The predicted octanol–water partition coefficient (Wildman–Crippen LogP) is 1.14. The van der Waals surface area contributed by atoms with Crippen LogP contribution in [0.1, 0.15) is 13.3 Å². The van der Waals surface area contributed by atoms with Crippen LogP contribution in [0, 0.1) is 10.1 Å². The first-order chi connectivity index (χ1) is 13.7. The Morgan fingerprint density at radius 3 is 2.62 bits per heavy atom. The van der Waals surface area contributed by atoms with E-state index >= 15 is 0 Å². The van der Waals surface area contributed by atoms with Crippen LogP contribution in [0.15, 0.2) is 40.5 Å². The van der Waals surface area contributed by atoms with E-state index in [9.17, 15) is 23.3 Å². The zero-order valence-electron chi connectivity index (χ0n) is 16.2. The first-order valence-electron chi connectivity index (χ1n) is 9.14. The molecule has 2 aliphatic heterocycles. The number of non-ortho nitro benzene ring substituents is 1. The van der Waals surface area contributed by atoms with Gasteiger partial charge in [-0.2, -0.15) is 4.31 Å². The van der Waals surface area contributed by atoms with E-state index in [2.05, 4.69) is 4.90 Å². The topological polar surface area (TPSA) is 119 Å². The maximum atomic E-state index is 12.8. The van der Waals surface area contributed by atoms with Crippen molar-refractivity contribution in [2.45, 2.75) is 24.3 Å². The van der Waals surface area contributed by atoms with Crippen LogP contribution in [0.5, 0.6) is 0 Å². The number of carbonyl (C=O) groups is 1. The van der Waals surface area contributed by atoms with Crippen LogP contribution in [-0.4, -0.2) is 74.5 Å². The standard InChI is InChI=1S/C18H23N3O7S/c1-13-17(18(22)27-2)11-15(28-13)12-19-6-8-20(9-7-19)29(25,26)16-5-3-4-14(10-16)21(23)24/h3-5,10,15H,6-9,11-12H2,1-2H3/t15-/m0/s1. The highest BCUT2D eigenvalue weighted by Gasteiger charge is 2.33. The van der Waals surface area contributed by atoms with Gasteiger partial charge in [-0.05, 0) is 13.0 Å². The van der Waals surface area contributed by atoms with Gasteiger partial charge < -0.3 is 9.47 Å². The molecule has 10 nitrogen and oxygen atoms in total. The highest BCUT2D eigenvalue weighted by molar-refractivity contribution is 7.89. The molecule has 1 aromatic rings. The summed E-state index contributed by atoms with van der Waals surface area (Å²) < 4.78 is 37.4. The van der Waals surface area contributed by atoms with Gasteiger partial charge in [-0.3, -0.25) is 15.0 Å². The lowest BCUT2D eigenvalue weighted by Gasteiger charge is -2.35. The lowest BCUT2D eigenvalue weighted by atomic mass is 10.1. The van der Waals surface area contributed by atoms with Gasteiger partial charge in [0.15, 0.2) is 0 Å². The molecule has 0 aromatic heterocycles. The van der Waals surface area contributed by atoms with Crippen molar-refractivity contribution >= 4 is 21.7 Å². The van der Waals surface area contributed by atoms with E-state index in [-0.39, 0.29) is 29.8 Å². The molecule has 0 amide bonds. The molecule has 0 bridgehead atoms. The summed E-state index contributed by atoms with van der Waals surface area (Å²) in [5.74, 6) is 0.173. The summed E-state index contributed by atoms with van der Waals surface area (Å²) in [6.45, 7) is 3.85. The molecule has 0 spiro atoms. The van der Waals surface area contributed by atoms with Crippen molar-refractivity contribution in [2.24, 2.45) is 0 Å². The number of esters is 1. The number of nitro groups is 1. The SMILES string of the molecule is COC(=O)C1=C(C)O[C@H](CN2CCN(S(=O)(=O)c3cccc([N+](=O)[O-])c3)CC2)C1. The molecule has 0 N–H and O–H groups in total. The number of carbonyl (C=O) groups excluding carboxylic acids is 1. The first-order valence-corrected chi connectivity index (χ1v) is 10.6. The van der Waals surface area contributed by atoms with Crippen LogP contribution < -0.4 is 0 Å². The fourth-order valence-electron chi connectivity index (χ4n) is 3.53. The van der Waals surface area contributed by atoms with E-state index in [4.69, 9.17) is 9.47 Å². The number of hydrogen-bond acceptors (Lipinski definition) is 8. The van der Waals surface area contributed by atoms with Crippen LogP contribution in [0.3, 0.4) is 0 Å². The van der Waals surface area contributed by atoms with Crippen LogP contribution in [0.2, 0.25) is 0 Å². The number of hydrogen-bond donors (Lipinski definition) is 0. The van der Waals surface area contributed by atoms with E-state index in [1.807, 2.05) is 0 Å². The lowest BCUT2D eigenvalue weighted by Crippen LogP contribution is -2.50. The molecule has 2 aliphatic rings. The average Bonchev–Trinajstić information content (AvgIpc) is 3.08. The molecule has 11 heteroatoms. The maximum absolute atomic E-state index is 12.8. The lowest BCUT2D eigenvalue weighted by molar-refractivity contribution is -0.385. The molecule has 0 unspecified atom stereocenters. The molecule has 1 aromatic carbocycles. The number of rotatable bonds is 6. The predicted molar refractivity (Wildman–Crippen MR) is 103 cm³/mol. The third-order valence-corrected chi connectivity index (χ3v) is 6.99. The molecule has 1 saturated heterocycles. The molecule has 1 atom stereocenters. The van der Waals surface area contributed by atoms with Crippen molar-refractivity contribution in [1.82, 2.24) is 9.21 Å². The summed E-state index contributed by atoms with van der Waals surface area (Å²) in [7, 11) is -2.47. The Kier molecular flexibility index (Phi) is 6.20. The van der Waals surface area contributed by atoms with Crippen molar-refractivity contribution in [3.8, 4) is 0 Å². The quantitative estimate of drug-likeness (QED) is 0.378. The molecular formula is C18H23N3O7S. The van der Waals surface area contributed by atoms with E-state index in [1.54, 1.807) is 6.92 Å². The summed E-state index contributed by atoms with van der Waals surface area (Å²) in [5.41, 5.74) is 0.275. The Hall–Kier alpha value is -2.50. The zero-order chi connectivity index (χ0) is 21.2. The Morgan fingerprint density at radius 1 is 1.31 bits per heavy atom. The van der Waals surface area contributed by atoms with Gasteiger partial charge in [-0.15, -0.1) is 0 Å². The Balaban J connectivity index is 1.58. The summed E-state index contributed by atoms with van der Waals surface area (Å²) in [5, 5.41) is 10.9. The normalized spacial score (nSPS) is 21.1. The molecule has 3 rings (SSSR count). The van der Waals surface area contributed by atoms with Gasteiger partial charge in [-0.25, -0.2) is 13.2 Å². The second-order valence-corrected chi connectivity index (χ2v) is 8.87. The Labute approximate surface area is 168 Å². The number of piperazine rings is 1. The summed E-state index contributed by atoms with van der Waals surface area (Å²) in [4.78, 5) is 24.0. The fourth-order valence-corrected chi connectivity index (χ4v) is 5.00. The first kappa shape index (κ1) is 21.2. The van der Waals surface area contributed by atoms with Crippen LogP contribution in [-0.2, 0) is 24.3 Å². The van der Waals surface area contributed by atoms with Crippen molar-refractivity contribution in [3.05, 3.63) is 45.7 Å². The Morgan fingerprint density at radius 2 is 2.00 bits per heavy atom. The average molecular weight is 425 g/mol. The van der Waals surface area contributed by atoms with Gasteiger partial charge >= 0.3 is 5.97 Å². The van der Waals surface area contributed by atoms with Crippen molar-refractivity contribution in [1.29, 1.82) is 0 Å². The molecule has 0 radical (unpaired) electrons. The summed E-state index contributed by atoms with van der Waals surface area (Å²) in [6, 6.07) is 5.07. The van der Waals surface area contributed by atoms with Gasteiger partial charge in [-0.1, -0.05) is 6.07 Å². The van der Waals surface area contributed by atoms with Crippen LogP contribution >= 0.6 is 0 Å². The van der Waals surface area contributed by atoms with E-state index in [0.29, 0.717) is 37.4 Å². The molecule has 0 saturated carbocycles. The minimum absolute atomic E-state index is 0.0816. The van der Waals surface area contributed by atoms with Crippen molar-refractivity contribution in [3.63, 3.8) is 0 Å². The minimum atomic E-state index is -3.80. The van der Waals surface area contributed by atoms with Crippen molar-refractivity contribution < 1.29 is 27.6 Å². The molecule has 29 heavy (non-hydrogen) atoms. The number of ether oxygens (including phenoxy) is 2. The van der Waals surface area contributed by atoms with Gasteiger partial charge in [0.25, 0.3) is 5.69 Å². The molecule has 2 heterocycles. The number of allylic oxidation sites excluding steroid dienone is 1. The monoisotopic (exact) mass is 425 g/mol. The van der Waals surface area contributed by atoms with E-state index in [0.717, 1.165) is 6.07 Å². The number of nitrogens with zero attached hydrogens (tertiary/aromatic N) is 3. The number of benzene rings is 1. The van der Waals surface area contributed by atoms with Gasteiger partial charge in [0, 0.05) is 51.3 Å². The molecule has 1 fully saturated rings. The zero-order valence-corrected chi connectivity index (χ0v) is 17.1.